The first-order valence-corrected chi connectivity index (χ1v) is 6.35. The Bertz CT molecular complexity index is 177. The van der Waals surface area contributed by atoms with Crippen LogP contribution in [0.5, 0.6) is 0 Å². The molecule has 0 aliphatic heterocycles. The number of hydrogen-bond acceptors (Lipinski definition) is 4. The fourth-order valence-corrected chi connectivity index (χ4v) is 1.27. The van der Waals surface area contributed by atoms with Gasteiger partial charge >= 0.3 is 0 Å². The highest BCUT2D eigenvalue weighted by Crippen LogP contribution is 1.89. The number of hydrogen-bond donors (Lipinski definition) is 2. The van der Waals surface area contributed by atoms with Gasteiger partial charge < -0.3 is 20.1 Å². The Hall–Kier alpha value is -0.650. The van der Waals surface area contributed by atoms with Gasteiger partial charge in [-0.25, -0.2) is 0 Å². The Morgan fingerprint density at radius 2 is 1.94 bits per heavy atom. The molecule has 0 spiro atoms. The lowest BCUT2D eigenvalue weighted by atomic mass is 10.3. The zero-order chi connectivity index (χ0) is 12.8. The molecule has 0 atom stereocenters. The van der Waals surface area contributed by atoms with E-state index in [0.717, 1.165) is 39.1 Å². The zero-order valence-electron chi connectivity index (χ0n) is 11.1. The number of amides is 1. The van der Waals surface area contributed by atoms with Crippen LogP contribution in [0.3, 0.4) is 0 Å². The van der Waals surface area contributed by atoms with E-state index in [1.807, 2.05) is 6.92 Å². The second kappa shape index (κ2) is 13.4. The molecule has 0 heterocycles. The van der Waals surface area contributed by atoms with E-state index >= 15 is 0 Å². The Balaban J connectivity index is 3.08. The number of rotatable bonds is 12. The first-order chi connectivity index (χ1) is 8.31. The van der Waals surface area contributed by atoms with Crippen LogP contribution in [0.1, 0.15) is 26.2 Å². The highest BCUT2D eigenvalue weighted by molar-refractivity contribution is 5.75. The molecule has 0 bridgehead atoms. The van der Waals surface area contributed by atoms with Crippen LogP contribution in [-0.2, 0) is 14.3 Å². The average molecular weight is 246 g/mol. The topological polar surface area (TPSA) is 59.6 Å². The van der Waals surface area contributed by atoms with Gasteiger partial charge in [0.25, 0.3) is 0 Å². The Labute approximate surface area is 104 Å². The van der Waals surface area contributed by atoms with Crippen LogP contribution in [0.4, 0.5) is 0 Å². The zero-order valence-corrected chi connectivity index (χ0v) is 11.1. The Kier molecular flexibility index (Phi) is 12.9. The van der Waals surface area contributed by atoms with Gasteiger partial charge in [-0.2, -0.15) is 0 Å². The van der Waals surface area contributed by atoms with Crippen LogP contribution in [0.15, 0.2) is 0 Å². The van der Waals surface area contributed by atoms with Crippen LogP contribution in [0, 0.1) is 0 Å². The van der Waals surface area contributed by atoms with Crippen molar-refractivity contribution in [2.75, 3.05) is 46.6 Å². The molecule has 0 aromatic heterocycles. The van der Waals surface area contributed by atoms with Crippen LogP contribution >= 0.6 is 0 Å². The highest BCUT2D eigenvalue weighted by Gasteiger charge is 1.98. The lowest BCUT2D eigenvalue weighted by Gasteiger charge is -2.06. The summed E-state index contributed by atoms with van der Waals surface area (Å²) < 4.78 is 10.2. The molecular formula is C12H26N2O3. The van der Waals surface area contributed by atoms with Gasteiger partial charge in [-0.05, 0) is 19.4 Å². The lowest BCUT2D eigenvalue weighted by molar-refractivity contribution is -0.121. The van der Waals surface area contributed by atoms with Gasteiger partial charge in [-0.15, -0.1) is 0 Å². The minimum Gasteiger partial charge on any atom is -0.382 e. The van der Waals surface area contributed by atoms with E-state index in [4.69, 9.17) is 9.47 Å². The first-order valence-electron chi connectivity index (χ1n) is 6.35. The third kappa shape index (κ3) is 13.3. The van der Waals surface area contributed by atoms with E-state index < -0.39 is 0 Å². The van der Waals surface area contributed by atoms with E-state index in [-0.39, 0.29) is 5.91 Å². The maximum absolute atomic E-state index is 11.3. The van der Waals surface area contributed by atoms with Crippen molar-refractivity contribution in [1.82, 2.24) is 10.6 Å². The van der Waals surface area contributed by atoms with Crippen molar-refractivity contribution in [2.45, 2.75) is 26.2 Å². The molecule has 0 aliphatic rings. The minimum atomic E-state index is 0.117. The highest BCUT2D eigenvalue weighted by atomic mass is 16.5. The van der Waals surface area contributed by atoms with Gasteiger partial charge in [0, 0.05) is 33.2 Å². The van der Waals surface area contributed by atoms with Crippen molar-refractivity contribution in [3.05, 3.63) is 0 Å². The van der Waals surface area contributed by atoms with E-state index in [1.165, 1.54) is 0 Å². The molecule has 102 valence electrons. The molecule has 0 unspecified atom stereocenters. The Morgan fingerprint density at radius 3 is 2.65 bits per heavy atom. The summed E-state index contributed by atoms with van der Waals surface area (Å²) in [5.41, 5.74) is 0. The van der Waals surface area contributed by atoms with Crippen LogP contribution in [0.25, 0.3) is 0 Å². The van der Waals surface area contributed by atoms with E-state index in [9.17, 15) is 4.79 Å². The van der Waals surface area contributed by atoms with Gasteiger partial charge in [0.05, 0.1) is 13.2 Å². The normalized spacial score (nSPS) is 10.5. The molecule has 0 aromatic carbocycles. The number of ether oxygens (including phenoxy) is 2. The summed E-state index contributed by atoms with van der Waals surface area (Å²) in [4.78, 5) is 11.3. The van der Waals surface area contributed by atoms with Gasteiger partial charge in [-0.3, -0.25) is 4.79 Å². The second-order valence-electron chi connectivity index (χ2n) is 3.77. The molecule has 5 heteroatoms. The SMILES string of the molecule is CCNCCC(=O)NCCCCOCCOC. The number of carbonyl (C=O) groups is 1. The standard InChI is InChI=1S/C12H26N2O3/c1-3-13-8-6-12(15)14-7-4-5-9-17-11-10-16-2/h13H,3-11H2,1-2H3,(H,14,15). The summed E-state index contributed by atoms with van der Waals surface area (Å²) in [6.07, 6.45) is 2.48. The van der Waals surface area contributed by atoms with Crippen molar-refractivity contribution >= 4 is 5.91 Å². The third-order valence-corrected chi connectivity index (χ3v) is 2.25. The predicted octanol–water partition coefficient (Wildman–Crippen LogP) is 0.545. The summed E-state index contributed by atoms with van der Waals surface area (Å²) >= 11 is 0. The number of carbonyl (C=O) groups excluding carboxylic acids is 1. The fraction of sp³-hybridized carbons (Fsp3) is 0.917. The van der Waals surface area contributed by atoms with Crippen molar-refractivity contribution in [3.63, 3.8) is 0 Å². The van der Waals surface area contributed by atoms with Crippen LogP contribution in [0.2, 0.25) is 0 Å². The molecule has 0 aromatic rings. The smallest absolute Gasteiger partial charge is 0.221 e. The summed E-state index contributed by atoms with van der Waals surface area (Å²) in [5.74, 6) is 0.117. The quantitative estimate of drug-likeness (QED) is 0.494. The van der Waals surface area contributed by atoms with Crippen molar-refractivity contribution < 1.29 is 14.3 Å². The molecule has 0 fully saturated rings. The average Bonchev–Trinajstić information content (AvgIpc) is 2.33. The van der Waals surface area contributed by atoms with Gasteiger partial charge in [0.1, 0.15) is 0 Å². The maximum atomic E-state index is 11.3. The second-order valence-corrected chi connectivity index (χ2v) is 3.77. The summed E-state index contributed by atoms with van der Waals surface area (Å²) in [5, 5.41) is 6.00. The molecular weight excluding hydrogens is 220 g/mol. The number of methoxy groups -OCH3 is 1. The van der Waals surface area contributed by atoms with Crippen molar-refractivity contribution in [1.29, 1.82) is 0 Å². The van der Waals surface area contributed by atoms with E-state index in [1.54, 1.807) is 7.11 Å². The van der Waals surface area contributed by atoms with Crippen molar-refractivity contribution in [2.24, 2.45) is 0 Å². The van der Waals surface area contributed by atoms with E-state index in [2.05, 4.69) is 10.6 Å². The summed E-state index contributed by atoms with van der Waals surface area (Å²) in [7, 11) is 1.66. The monoisotopic (exact) mass is 246 g/mol. The predicted molar refractivity (Wildman–Crippen MR) is 68.1 cm³/mol. The number of nitrogens with one attached hydrogen (secondary N) is 2. The van der Waals surface area contributed by atoms with Gasteiger partial charge in [-0.1, -0.05) is 6.92 Å². The van der Waals surface area contributed by atoms with Crippen molar-refractivity contribution in [3.8, 4) is 0 Å². The van der Waals surface area contributed by atoms with Gasteiger partial charge in [0.2, 0.25) is 5.91 Å². The largest absolute Gasteiger partial charge is 0.382 e. The Morgan fingerprint density at radius 1 is 1.12 bits per heavy atom. The molecule has 2 N–H and O–H groups in total. The molecule has 0 rings (SSSR count). The van der Waals surface area contributed by atoms with Crippen LogP contribution < -0.4 is 10.6 Å². The summed E-state index contributed by atoms with van der Waals surface area (Å²) in [6, 6.07) is 0. The minimum absolute atomic E-state index is 0.117. The molecule has 17 heavy (non-hydrogen) atoms. The molecule has 0 saturated carbocycles. The molecule has 0 radical (unpaired) electrons. The lowest BCUT2D eigenvalue weighted by Crippen LogP contribution is -2.28. The summed E-state index contributed by atoms with van der Waals surface area (Å²) in [6.45, 7) is 6.44. The molecule has 0 aliphatic carbocycles. The van der Waals surface area contributed by atoms with Gasteiger partial charge in [0.15, 0.2) is 0 Å². The maximum Gasteiger partial charge on any atom is 0.221 e. The molecule has 5 nitrogen and oxygen atoms in total. The molecule has 1 amide bonds. The van der Waals surface area contributed by atoms with E-state index in [0.29, 0.717) is 19.6 Å². The third-order valence-electron chi connectivity index (χ3n) is 2.25. The van der Waals surface area contributed by atoms with Crippen LogP contribution in [-0.4, -0.2) is 52.5 Å². The fourth-order valence-electron chi connectivity index (χ4n) is 1.27. The molecule has 0 saturated heterocycles. The number of unbranched alkanes of at least 4 members (excludes halogenated alkanes) is 1. The first kappa shape index (κ1) is 16.4.